The molecule has 0 atom stereocenters. The van der Waals surface area contributed by atoms with Gasteiger partial charge in [-0.2, -0.15) is 0 Å². The molecule has 0 bridgehead atoms. The van der Waals surface area contributed by atoms with Gasteiger partial charge in [-0.25, -0.2) is 8.78 Å². The van der Waals surface area contributed by atoms with E-state index in [0.29, 0.717) is 11.3 Å². The molecule has 1 aromatic carbocycles. The summed E-state index contributed by atoms with van der Waals surface area (Å²) in [4.78, 5) is 11.3. The molecule has 1 N–H and O–H groups in total. The maximum atomic E-state index is 11.8. The molecule has 15 heavy (non-hydrogen) atoms. The first-order valence-electron chi connectivity index (χ1n) is 4.34. The lowest BCUT2D eigenvalue weighted by Crippen LogP contribution is -2.28. The Morgan fingerprint density at radius 2 is 2.00 bits per heavy atom. The number of methoxy groups -OCH3 is 1. The number of amides is 1. The van der Waals surface area contributed by atoms with E-state index in [0.717, 1.165) is 0 Å². The van der Waals surface area contributed by atoms with Crippen LogP contribution in [0, 0.1) is 0 Å². The summed E-state index contributed by atoms with van der Waals surface area (Å²) in [5.74, 6) is 0.0957. The number of hydrogen-bond donors (Lipinski definition) is 1. The number of ether oxygens (including phenoxy) is 1. The summed E-state index contributed by atoms with van der Waals surface area (Å²) in [6.07, 6.45) is -2.54. The van der Waals surface area contributed by atoms with Crippen molar-refractivity contribution in [1.82, 2.24) is 5.32 Å². The normalized spacial score (nSPS) is 10.1. The van der Waals surface area contributed by atoms with Crippen molar-refractivity contribution in [2.45, 2.75) is 6.43 Å². The lowest BCUT2D eigenvalue weighted by molar-refractivity contribution is 0.0891. The zero-order valence-corrected chi connectivity index (χ0v) is 8.17. The molecule has 82 valence electrons. The van der Waals surface area contributed by atoms with Crippen LogP contribution >= 0.6 is 0 Å². The number of carbonyl (C=O) groups excluding carboxylic acids is 1. The first-order chi connectivity index (χ1) is 7.13. The van der Waals surface area contributed by atoms with E-state index in [-0.39, 0.29) is 0 Å². The zero-order chi connectivity index (χ0) is 11.3. The monoisotopic (exact) mass is 215 g/mol. The summed E-state index contributed by atoms with van der Waals surface area (Å²) in [6, 6.07) is 6.22. The molecule has 0 saturated heterocycles. The first kappa shape index (κ1) is 11.4. The number of carbonyl (C=O) groups is 1. The quantitative estimate of drug-likeness (QED) is 0.830. The maximum absolute atomic E-state index is 11.8. The van der Waals surface area contributed by atoms with Gasteiger partial charge in [0, 0.05) is 5.56 Å². The van der Waals surface area contributed by atoms with Crippen molar-refractivity contribution < 1.29 is 18.3 Å². The molecule has 0 unspecified atom stereocenters. The summed E-state index contributed by atoms with van der Waals surface area (Å²) in [5, 5.41) is 2.11. The molecule has 1 amide bonds. The van der Waals surface area contributed by atoms with Crippen molar-refractivity contribution in [1.29, 1.82) is 0 Å². The average molecular weight is 215 g/mol. The summed E-state index contributed by atoms with van der Waals surface area (Å²) in [6.45, 7) is -0.634. The first-order valence-corrected chi connectivity index (χ1v) is 4.34. The Morgan fingerprint density at radius 3 is 2.47 bits per heavy atom. The maximum Gasteiger partial charge on any atom is 0.255 e. The van der Waals surface area contributed by atoms with Gasteiger partial charge in [0.25, 0.3) is 12.3 Å². The second-order valence-corrected chi connectivity index (χ2v) is 2.83. The number of hydrogen-bond acceptors (Lipinski definition) is 2. The van der Waals surface area contributed by atoms with Crippen molar-refractivity contribution in [2.24, 2.45) is 0 Å². The van der Waals surface area contributed by atoms with Gasteiger partial charge in [-0.3, -0.25) is 4.79 Å². The summed E-state index contributed by atoms with van der Waals surface area (Å²) in [7, 11) is 1.51. The number of nitrogens with one attached hydrogen (secondary N) is 1. The lowest BCUT2D eigenvalue weighted by atomic mass is 10.2. The van der Waals surface area contributed by atoms with Crippen LogP contribution in [0.3, 0.4) is 0 Å². The van der Waals surface area contributed by atoms with E-state index in [9.17, 15) is 13.6 Å². The molecule has 0 aliphatic heterocycles. The molecule has 0 aliphatic rings. The Hall–Kier alpha value is -1.65. The van der Waals surface area contributed by atoms with Gasteiger partial charge in [-0.1, -0.05) is 0 Å². The number of rotatable bonds is 4. The Labute approximate surface area is 86.0 Å². The molecule has 0 fully saturated rings. The van der Waals surface area contributed by atoms with Gasteiger partial charge in [0.2, 0.25) is 0 Å². The Kier molecular flexibility index (Phi) is 4.03. The van der Waals surface area contributed by atoms with Gasteiger partial charge in [0.15, 0.2) is 0 Å². The fraction of sp³-hybridized carbons (Fsp3) is 0.300. The minimum absolute atomic E-state index is 0.330. The molecule has 0 radical (unpaired) electrons. The second-order valence-electron chi connectivity index (χ2n) is 2.83. The van der Waals surface area contributed by atoms with Crippen LogP contribution in [0.2, 0.25) is 0 Å². The minimum atomic E-state index is -2.54. The highest BCUT2D eigenvalue weighted by atomic mass is 19.3. The molecule has 0 aromatic heterocycles. The summed E-state index contributed by atoms with van der Waals surface area (Å²) < 4.78 is 28.5. The van der Waals surface area contributed by atoms with E-state index < -0.39 is 18.9 Å². The van der Waals surface area contributed by atoms with Crippen molar-refractivity contribution in [3.63, 3.8) is 0 Å². The van der Waals surface area contributed by atoms with Gasteiger partial charge in [0.05, 0.1) is 13.7 Å². The van der Waals surface area contributed by atoms with Gasteiger partial charge >= 0.3 is 0 Å². The fourth-order valence-electron chi connectivity index (χ4n) is 1.01. The third kappa shape index (κ3) is 3.53. The molecule has 0 spiro atoms. The van der Waals surface area contributed by atoms with Crippen molar-refractivity contribution in [3.05, 3.63) is 29.8 Å². The van der Waals surface area contributed by atoms with Crippen LogP contribution in [0.25, 0.3) is 0 Å². The second kappa shape index (κ2) is 5.29. The molecular formula is C10H11F2NO2. The predicted molar refractivity (Wildman–Crippen MR) is 51.3 cm³/mol. The van der Waals surface area contributed by atoms with Gasteiger partial charge < -0.3 is 10.1 Å². The van der Waals surface area contributed by atoms with E-state index in [4.69, 9.17) is 4.74 Å². The van der Waals surface area contributed by atoms with E-state index in [1.165, 1.54) is 19.2 Å². The van der Waals surface area contributed by atoms with Crippen LogP contribution < -0.4 is 10.1 Å². The van der Waals surface area contributed by atoms with Crippen molar-refractivity contribution in [3.8, 4) is 5.75 Å². The molecule has 3 nitrogen and oxygen atoms in total. The number of benzene rings is 1. The highest BCUT2D eigenvalue weighted by Crippen LogP contribution is 2.10. The number of halogens is 2. The van der Waals surface area contributed by atoms with Crippen LogP contribution in [-0.4, -0.2) is 26.0 Å². The molecule has 5 heteroatoms. The molecular weight excluding hydrogens is 204 g/mol. The average Bonchev–Trinajstić information content (AvgIpc) is 2.26. The lowest BCUT2D eigenvalue weighted by Gasteiger charge is -2.05. The minimum Gasteiger partial charge on any atom is -0.497 e. The van der Waals surface area contributed by atoms with Crippen LogP contribution in [0.1, 0.15) is 10.4 Å². The molecule has 0 heterocycles. The van der Waals surface area contributed by atoms with Gasteiger partial charge in [-0.15, -0.1) is 0 Å². The number of alkyl halides is 2. The Balaban J connectivity index is 2.58. The molecule has 1 aromatic rings. The van der Waals surface area contributed by atoms with Crippen LogP contribution in [0.4, 0.5) is 8.78 Å². The Bertz CT molecular complexity index is 325. The predicted octanol–water partition coefficient (Wildman–Crippen LogP) is 1.69. The summed E-state index contributed by atoms with van der Waals surface area (Å²) in [5.41, 5.74) is 0.330. The zero-order valence-electron chi connectivity index (χ0n) is 8.17. The Morgan fingerprint density at radius 1 is 1.40 bits per heavy atom. The topological polar surface area (TPSA) is 38.3 Å². The van der Waals surface area contributed by atoms with Crippen LogP contribution in [-0.2, 0) is 0 Å². The molecule has 1 rings (SSSR count). The smallest absolute Gasteiger partial charge is 0.255 e. The van der Waals surface area contributed by atoms with Crippen molar-refractivity contribution >= 4 is 5.91 Å². The molecule has 0 aliphatic carbocycles. The fourth-order valence-corrected chi connectivity index (χ4v) is 1.01. The van der Waals surface area contributed by atoms with E-state index >= 15 is 0 Å². The van der Waals surface area contributed by atoms with E-state index in [1.54, 1.807) is 12.1 Å². The molecule has 0 saturated carbocycles. The van der Waals surface area contributed by atoms with Gasteiger partial charge in [-0.05, 0) is 24.3 Å². The third-order valence-electron chi connectivity index (χ3n) is 1.77. The van der Waals surface area contributed by atoms with E-state index in [1.807, 2.05) is 0 Å². The summed E-state index contributed by atoms with van der Waals surface area (Å²) >= 11 is 0. The highest BCUT2D eigenvalue weighted by Gasteiger charge is 2.08. The SMILES string of the molecule is COc1ccc(C(=O)NCC(F)F)cc1. The largest absolute Gasteiger partial charge is 0.497 e. The van der Waals surface area contributed by atoms with Gasteiger partial charge in [0.1, 0.15) is 5.75 Å². The van der Waals surface area contributed by atoms with Crippen LogP contribution in [0.15, 0.2) is 24.3 Å². The standard InChI is InChI=1S/C10H11F2NO2/c1-15-8-4-2-7(3-5-8)10(14)13-6-9(11)12/h2-5,9H,6H2,1H3,(H,13,14). The highest BCUT2D eigenvalue weighted by molar-refractivity contribution is 5.94. The van der Waals surface area contributed by atoms with Crippen LogP contribution in [0.5, 0.6) is 5.75 Å². The third-order valence-corrected chi connectivity index (χ3v) is 1.77. The van der Waals surface area contributed by atoms with E-state index in [2.05, 4.69) is 5.32 Å². The van der Waals surface area contributed by atoms with Crippen molar-refractivity contribution in [2.75, 3.05) is 13.7 Å².